The summed E-state index contributed by atoms with van der Waals surface area (Å²) < 4.78 is 96.5. The molecule has 1 atom stereocenters. The zero-order valence-electron chi connectivity index (χ0n) is 22.9. The number of nitrogens with zero attached hydrogens (tertiary/aromatic N) is 5. The molecule has 1 aromatic heterocycles. The fourth-order valence-corrected chi connectivity index (χ4v) is 4.54. The van der Waals surface area contributed by atoms with Crippen molar-refractivity contribution in [3.8, 4) is 17.3 Å². The number of nitrogens with two attached hydrogens (primary N) is 1. The number of carbonyl (C=O) groups is 1. The summed E-state index contributed by atoms with van der Waals surface area (Å²) in [5.74, 6) is -1.61. The second kappa shape index (κ2) is 12.1. The Balaban J connectivity index is 1.50. The Hall–Kier alpha value is -4.36. The van der Waals surface area contributed by atoms with Crippen LogP contribution < -0.4 is 16.4 Å². The SMILES string of the molecule is CC(n1nc(-c2ccc(NC(=O)Nc3ccc(CN4CCN(C)CC4)c(C(F)(F)F)c3)c(F)c2)c(C#N)c1N)C(F)(F)F. The van der Waals surface area contributed by atoms with Gasteiger partial charge in [0.05, 0.1) is 11.3 Å². The zero-order chi connectivity index (χ0) is 31.7. The predicted molar refractivity (Wildman–Crippen MR) is 144 cm³/mol. The second-order valence-electron chi connectivity index (χ2n) is 10.1. The Bertz CT molecular complexity index is 1540. The Kier molecular flexibility index (Phi) is 8.88. The van der Waals surface area contributed by atoms with Gasteiger partial charge in [-0.2, -0.15) is 36.7 Å². The molecule has 1 aliphatic heterocycles. The molecule has 1 saturated heterocycles. The summed E-state index contributed by atoms with van der Waals surface area (Å²) in [4.78, 5) is 16.5. The van der Waals surface area contributed by atoms with Crippen molar-refractivity contribution in [3.05, 3.63) is 58.9 Å². The Morgan fingerprint density at radius 2 is 1.74 bits per heavy atom. The van der Waals surface area contributed by atoms with Crippen LogP contribution in [-0.4, -0.2) is 65.0 Å². The number of rotatable bonds is 6. The molecule has 0 radical (unpaired) electrons. The highest BCUT2D eigenvalue weighted by atomic mass is 19.4. The van der Waals surface area contributed by atoms with Gasteiger partial charge in [-0.05, 0) is 43.8 Å². The first kappa shape index (κ1) is 31.6. The lowest BCUT2D eigenvalue weighted by atomic mass is 10.0. The van der Waals surface area contributed by atoms with Crippen LogP contribution in [0, 0.1) is 17.1 Å². The van der Waals surface area contributed by atoms with E-state index in [1.807, 2.05) is 11.9 Å². The number of anilines is 3. The molecule has 0 aliphatic carbocycles. The minimum atomic E-state index is -4.72. The normalized spacial score (nSPS) is 15.6. The van der Waals surface area contributed by atoms with Gasteiger partial charge in [0.2, 0.25) is 0 Å². The van der Waals surface area contributed by atoms with Crippen LogP contribution in [0.5, 0.6) is 0 Å². The van der Waals surface area contributed by atoms with E-state index < -0.39 is 52.9 Å². The quantitative estimate of drug-likeness (QED) is 0.309. The third-order valence-electron chi connectivity index (χ3n) is 7.05. The van der Waals surface area contributed by atoms with Gasteiger partial charge in [0, 0.05) is 44.0 Å². The molecule has 2 amide bonds. The van der Waals surface area contributed by atoms with E-state index in [0.29, 0.717) is 17.8 Å². The molecule has 43 heavy (non-hydrogen) atoms. The number of piperazine rings is 1. The van der Waals surface area contributed by atoms with Crippen molar-refractivity contribution in [1.82, 2.24) is 19.6 Å². The highest BCUT2D eigenvalue weighted by Gasteiger charge is 2.40. The van der Waals surface area contributed by atoms with E-state index in [4.69, 9.17) is 5.73 Å². The number of hydrogen-bond acceptors (Lipinski definition) is 6. The monoisotopic (exact) mass is 612 g/mol. The van der Waals surface area contributed by atoms with Gasteiger partial charge < -0.3 is 21.3 Å². The average Bonchev–Trinajstić information content (AvgIpc) is 3.26. The summed E-state index contributed by atoms with van der Waals surface area (Å²) in [5, 5.41) is 17.6. The zero-order valence-corrected chi connectivity index (χ0v) is 22.9. The Morgan fingerprint density at radius 3 is 2.33 bits per heavy atom. The topological polar surface area (TPSA) is 115 Å². The van der Waals surface area contributed by atoms with Crippen LogP contribution in [0.3, 0.4) is 0 Å². The van der Waals surface area contributed by atoms with Gasteiger partial charge in [-0.1, -0.05) is 12.1 Å². The van der Waals surface area contributed by atoms with Crippen LogP contribution in [-0.2, 0) is 12.7 Å². The molecular formula is C27H27F7N8O. The molecule has 0 bridgehead atoms. The molecule has 2 heterocycles. The number of hydrogen-bond donors (Lipinski definition) is 3. The van der Waals surface area contributed by atoms with Gasteiger partial charge in [-0.25, -0.2) is 13.9 Å². The second-order valence-corrected chi connectivity index (χ2v) is 10.1. The molecule has 1 unspecified atom stereocenters. The van der Waals surface area contributed by atoms with E-state index in [2.05, 4.69) is 20.6 Å². The van der Waals surface area contributed by atoms with Crippen molar-refractivity contribution in [3.63, 3.8) is 0 Å². The van der Waals surface area contributed by atoms with E-state index in [-0.39, 0.29) is 29.1 Å². The number of nitrogen functional groups attached to an aromatic ring is 1. The van der Waals surface area contributed by atoms with Gasteiger partial charge in [0.25, 0.3) is 0 Å². The maximum Gasteiger partial charge on any atom is 0.416 e. The summed E-state index contributed by atoms with van der Waals surface area (Å²) in [6.45, 7) is 3.55. The molecule has 3 aromatic rings. The number of likely N-dealkylation sites (N-methyl/N-ethyl adjacent to an activating group) is 1. The summed E-state index contributed by atoms with van der Waals surface area (Å²) in [6, 6.07) is 4.93. The third kappa shape index (κ3) is 7.17. The van der Waals surface area contributed by atoms with Crippen molar-refractivity contribution >= 4 is 23.2 Å². The van der Waals surface area contributed by atoms with E-state index in [0.717, 1.165) is 38.2 Å². The van der Waals surface area contributed by atoms with Gasteiger partial charge in [-0.15, -0.1) is 0 Å². The lowest BCUT2D eigenvalue weighted by Crippen LogP contribution is -2.44. The number of aromatic nitrogens is 2. The van der Waals surface area contributed by atoms with Gasteiger partial charge in [0.1, 0.15) is 35.0 Å². The largest absolute Gasteiger partial charge is 0.416 e. The number of carbonyl (C=O) groups excluding carboxylic acids is 1. The standard InChI is InChI=1S/C27H27F7N8O/c1-15(26(29,30)31)42-24(36)19(13-35)23(39-42)16-4-6-22(21(28)11-16)38-25(43)37-18-5-3-17(20(12-18)27(32,33)34)14-41-9-7-40(2)8-10-41/h3-6,11-12,15H,7-10,14,36H2,1-2H3,(H2,37,38,43). The first-order valence-corrected chi connectivity index (χ1v) is 12.9. The molecule has 1 aliphatic rings. The Morgan fingerprint density at radius 1 is 1.07 bits per heavy atom. The molecule has 0 spiro atoms. The molecule has 16 heteroatoms. The number of nitriles is 1. The van der Waals surface area contributed by atoms with Crippen LogP contribution in [0.4, 0.5) is 52.7 Å². The molecule has 1 fully saturated rings. The Labute approximate surface area is 241 Å². The fourth-order valence-electron chi connectivity index (χ4n) is 4.54. The van der Waals surface area contributed by atoms with Gasteiger partial charge in [0.15, 0.2) is 0 Å². The summed E-state index contributed by atoms with van der Waals surface area (Å²) in [5.41, 5.74) is 3.48. The van der Waals surface area contributed by atoms with Crippen molar-refractivity contribution < 1.29 is 35.5 Å². The molecule has 9 nitrogen and oxygen atoms in total. The van der Waals surface area contributed by atoms with Crippen molar-refractivity contribution in [2.24, 2.45) is 0 Å². The molecule has 0 saturated carbocycles. The van der Waals surface area contributed by atoms with E-state index in [1.165, 1.54) is 18.2 Å². The van der Waals surface area contributed by atoms with Crippen LogP contribution >= 0.6 is 0 Å². The first-order chi connectivity index (χ1) is 20.1. The van der Waals surface area contributed by atoms with Gasteiger partial charge in [-0.3, -0.25) is 4.90 Å². The van der Waals surface area contributed by atoms with E-state index in [9.17, 15) is 40.8 Å². The number of halogens is 7. The number of urea groups is 1. The minimum absolute atomic E-state index is 0.0501. The number of benzene rings is 2. The van der Waals surface area contributed by atoms with Crippen molar-refractivity contribution in [1.29, 1.82) is 5.26 Å². The van der Waals surface area contributed by atoms with Crippen LogP contribution in [0.2, 0.25) is 0 Å². The molecule has 2 aromatic carbocycles. The van der Waals surface area contributed by atoms with Crippen LogP contribution in [0.25, 0.3) is 11.3 Å². The summed E-state index contributed by atoms with van der Waals surface area (Å²) in [6.07, 6.45) is -9.41. The van der Waals surface area contributed by atoms with Crippen LogP contribution in [0.15, 0.2) is 36.4 Å². The van der Waals surface area contributed by atoms with Crippen molar-refractivity contribution in [2.75, 3.05) is 49.6 Å². The maximum atomic E-state index is 14.9. The molecular weight excluding hydrogens is 585 g/mol. The number of amides is 2. The highest BCUT2D eigenvalue weighted by Crippen LogP contribution is 2.37. The average molecular weight is 613 g/mol. The third-order valence-corrected chi connectivity index (χ3v) is 7.05. The summed E-state index contributed by atoms with van der Waals surface area (Å²) >= 11 is 0. The maximum absolute atomic E-state index is 14.9. The highest BCUT2D eigenvalue weighted by molar-refractivity contribution is 6.00. The minimum Gasteiger partial charge on any atom is -0.383 e. The first-order valence-electron chi connectivity index (χ1n) is 12.9. The molecule has 4 rings (SSSR count). The molecule has 4 N–H and O–H groups in total. The van der Waals surface area contributed by atoms with E-state index >= 15 is 0 Å². The summed E-state index contributed by atoms with van der Waals surface area (Å²) in [7, 11) is 1.93. The molecule has 230 valence electrons. The lowest BCUT2D eigenvalue weighted by molar-refractivity contribution is -0.164. The lowest BCUT2D eigenvalue weighted by Gasteiger charge is -2.33. The predicted octanol–water partition coefficient (Wildman–Crippen LogP) is 5.68. The number of nitrogens with one attached hydrogen (secondary N) is 2. The smallest absolute Gasteiger partial charge is 0.383 e. The number of alkyl halides is 6. The van der Waals surface area contributed by atoms with E-state index in [1.54, 1.807) is 6.07 Å². The van der Waals surface area contributed by atoms with Gasteiger partial charge >= 0.3 is 18.4 Å². The van der Waals surface area contributed by atoms with Crippen molar-refractivity contribution in [2.45, 2.75) is 31.9 Å². The fraction of sp³-hybridized carbons (Fsp3) is 0.370. The van der Waals surface area contributed by atoms with Crippen LogP contribution in [0.1, 0.15) is 29.7 Å².